The van der Waals surface area contributed by atoms with Crippen molar-refractivity contribution in [3.63, 3.8) is 0 Å². The van der Waals surface area contributed by atoms with Crippen LogP contribution < -0.4 is 10.0 Å². The van der Waals surface area contributed by atoms with Crippen molar-refractivity contribution >= 4 is 21.6 Å². The molecule has 18 heavy (non-hydrogen) atoms. The van der Waals surface area contributed by atoms with Crippen LogP contribution in [0.25, 0.3) is 0 Å². The molecular formula is C11H16ClFN2O2S. The lowest BCUT2D eigenvalue weighted by atomic mass is 10.3. The Morgan fingerprint density at radius 2 is 2.00 bits per heavy atom. The van der Waals surface area contributed by atoms with Crippen LogP contribution in [0.5, 0.6) is 0 Å². The third-order valence-electron chi connectivity index (χ3n) is 2.22. The molecule has 0 aromatic heterocycles. The van der Waals surface area contributed by atoms with Gasteiger partial charge in [-0.1, -0.05) is 18.5 Å². The van der Waals surface area contributed by atoms with Crippen molar-refractivity contribution in [1.29, 1.82) is 0 Å². The Morgan fingerprint density at radius 1 is 1.28 bits per heavy atom. The van der Waals surface area contributed by atoms with Crippen LogP contribution >= 0.6 is 11.6 Å². The lowest BCUT2D eigenvalue weighted by Crippen LogP contribution is -2.32. The number of nitrogens with one attached hydrogen (secondary N) is 2. The quantitative estimate of drug-likeness (QED) is 0.754. The number of halogens is 2. The Hall–Kier alpha value is -0.690. The van der Waals surface area contributed by atoms with E-state index < -0.39 is 15.8 Å². The van der Waals surface area contributed by atoms with Crippen LogP contribution in [0.4, 0.5) is 4.39 Å². The Morgan fingerprint density at radius 3 is 2.61 bits per heavy atom. The summed E-state index contributed by atoms with van der Waals surface area (Å²) >= 11 is 5.54. The summed E-state index contributed by atoms with van der Waals surface area (Å²) in [4.78, 5) is -0.0376. The topological polar surface area (TPSA) is 58.2 Å². The van der Waals surface area contributed by atoms with E-state index in [1.807, 2.05) is 6.92 Å². The molecule has 7 heteroatoms. The summed E-state index contributed by atoms with van der Waals surface area (Å²) in [7, 11) is -3.63. The first-order chi connectivity index (χ1) is 8.47. The molecule has 0 heterocycles. The molecule has 0 saturated carbocycles. The van der Waals surface area contributed by atoms with E-state index in [1.165, 1.54) is 6.07 Å². The predicted molar refractivity (Wildman–Crippen MR) is 69.8 cm³/mol. The number of hydrogen-bond donors (Lipinski definition) is 2. The molecule has 0 bridgehead atoms. The van der Waals surface area contributed by atoms with Crippen molar-refractivity contribution in [2.75, 3.05) is 19.6 Å². The average molecular weight is 295 g/mol. The van der Waals surface area contributed by atoms with E-state index >= 15 is 0 Å². The van der Waals surface area contributed by atoms with E-state index in [0.717, 1.165) is 25.1 Å². The lowest BCUT2D eigenvalue weighted by Gasteiger charge is -2.07. The first kappa shape index (κ1) is 15.4. The molecule has 0 amide bonds. The van der Waals surface area contributed by atoms with Gasteiger partial charge < -0.3 is 5.32 Å². The highest BCUT2D eigenvalue weighted by Gasteiger charge is 2.14. The van der Waals surface area contributed by atoms with Crippen LogP contribution in [0.2, 0.25) is 5.02 Å². The minimum atomic E-state index is -3.63. The van der Waals surface area contributed by atoms with Crippen LogP contribution in [0.1, 0.15) is 13.3 Å². The van der Waals surface area contributed by atoms with E-state index in [9.17, 15) is 12.8 Å². The summed E-state index contributed by atoms with van der Waals surface area (Å²) in [5, 5.41) is 2.86. The van der Waals surface area contributed by atoms with Gasteiger partial charge >= 0.3 is 0 Å². The first-order valence-electron chi connectivity index (χ1n) is 5.63. The van der Waals surface area contributed by atoms with Gasteiger partial charge in [0.25, 0.3) is 0 Å². The maximum atomic E-state index is 12.9. The fourth-order valence-electron chi connectivity index (χ4n) is 1.30. The molecule has 0 aliphatic carbocycles. The molecule has 0 fully saturated rings. The van der Waals surface area contributed by atoms with E-state index in [2.05, 4.69) is 10.0 Å². The van der Waals surface area contributed by atoms with Gasteiger partial charge in [0.15, 0.2) is 0 Å². The highest BCUT2D eigenvalue weighted by Crippen LogP contribution is 2.18. The fraction of sp³-hybridized carbons (Fsp3) is 0.455. The molecule has 0 aliphatic rings. The summed E-state index contributed by atoms with van der Waals surface area (Å²) in [6.45, 7) is 3.68. The standard InChI is InChI=1S/C11H16ClFN2O2S/c1-2-5-14-6-7-15-18(16,17)9-3-4-11(13)10(12)8-9/h3-4,8,14-15H,2,5-7H2,1H3. The lowest BCUT2D eigenvalue weighted by molar-refractivity contribution is 0.574. The number of hydrogen-bond acceptors (Lipinski definition) is 3. The smallest absolute Gasteiger partial charge is 0.240 e. The van der Waals surface area contributed by atoms with Crippen molar-refractivity contribution in [2.45, 2.75) is 18.2 Å². The molecule has 0 unspecified atom stereocenters. The Kier molecular flexibility index (Phi) is 6.01. The molecule has 2 N–H and O–H groups in total. The van der Waals surface area contributed by atoms with Crippen LogP contribution in [-0.2, 0) is 10.0 Å². The Labute approximate surface area is 112 Å². The van der Waals surface area contributed by atoms with Gasteiger partial charge in [0.2, 0.25) is 10.0 Å². The summed E-state index contributed by atoms with van der Waals surface area (Å²) in [6, 6.07) is 3.31. The molecule has 0 radical (unpaired) electrons. The van der Waals surface area contributed by atoms with Crippen molar-refractivity contribution in [3.05, 3.63) is 29.0 Å². The van der Waals surface area contributed by atoms with Gasteiger partial charge in [0.1, 0.15) is 5.82 Å². The van der Waals surface area contributed by atoms with Crippen LogP contribution in [0.3, 0.4) is 0 Å². The van der Waals surface area contributed by atoms with Crippen molar-refractivity contribution < 1.29 is 12.8 Å². The zero-order valence-corrected chi connectivity index (χ0v) is 11.6. The van der Waals surface area contributed by atoms with Gasteiger partial charge in [-0.05, 0) is 31.2 Å². The summed E-state index contributed by atoms with van der Waals surface area (Å²) < 4.78 is 38.9. The fourth-order valence-corrected chi connectivity index (χ4v) is 2.61. The second-order valence-corrected chi connectivity index (χ2v) is 5.90. The van der Waals surface area contributed by atoms with Gasteiger partial charge in [-0.2, -0.15) is 0 Å². The molecule has 102 valence electrons. The molecule has 0 aliphatic heterocycles. The molecule has 0 saturated heterocycles. The monoisotopic (exact) mass is 294 g/mol. The average Bonchev–Trinajstić information content (AvgIpc) is 2.32. The van der Waals surface area contributed by atoms with Crippen LogP contribution in [0, 0.1) is 5.82 Å². The van der Waals surface area contributed by atoms with Crippen molar-refractivity contribution in [2.24, 2.45) is 0 Å². The van der Waals surface area contributed by atoms with E-state index in [4.69, 9.17) is 11.6 Å². The minimum absolute atomic E-state index is 0.0376. The SMILES string of the molecule is CCCNCCNS(=O)(=O)c1ccc(F)c(Cl)c1. The molecule has 1 aromatic rings. The number of sulfonamides is 1. The molecular weight excluding hydrogens is 279 g/mol. The molecule has 1 aromatic carbocycles. The first-order valence-corrected chi connectivity index (χ1v) is 7.49. The van der Waals surface area contributed by atoms with Gasteiger partial charge in [-0.25, -0.2) is 17.5 Å². The highest BCUT2D eigenvalue weighted by atomic mass is 35.5. The highest BCUT2D eigenvalue weighted by molar-refractivity contribution is 7.89. The van der Waals surface area contributed by atoms with Crippen LogP contribution in [-0.4, -0.2) is 28.1 Å². The molecule has 0 atom stereocenters. The van der Waals surface area contributed by atoms with Gasteiger partial charge in [-0.3, -0.25) is 0 Å². The van der Waals surface area contributed by atoms with E-state index in [-0.39, 0.29) is 16.5 Å². The molecule has 1 rings (SSSR count). The second-order valence-electron chi connectivity index (χ2n) is 3.72. The maximum absolute atomic E-state index is 12.9. The number of rotatable bonds is 7. The third kappa shape index (κ3) is 4.53. The summed E-state index contributed by atoms with van der Waals surface area (Å²) in [5.74, 6) is -0.639. The van der Waals surface area contributed by atoms with Crippen LogP contribution in [0.15, 0.2) is 23.1 Å². The second kappa shape index (κ2) is 7.04. The minimum Gasteiger partial charge on any atom is -0.315 e. The largest absolute Gasteiger partial charge is 0.315 e. The third-order valence-corrected chi connectivity index (χ3v) is 3.97. The van der Waals surface area contributed by atoms with Gasteiger partial charge in [0.05, 0.1) is 9.92 Å². The zero-order valence-electron chi connectivity index (χ0n) is 10.0. The Bertz CT molecular complexity index is 494. The van der Waals surface area contributed by atoms with Crippen molar-refractivity contribution in [3.8, 4) is 0 Å². The molecule has 0 spiro atoms. The zero-order chi connectivity index (χ0) is 13.6. The molecule has 4 nitrogen and oxygen atoms in total. The predicted octanol–water partition coefficient (Wildman–Crippen LogP) is 1.76. The van der Waals surface area contributed by atoms with Crippen molar-refractivity contribution in [1.82, 2.24) is 10.0 Å². The normalized spacial score (nSPS) is 11.7. The maximum Gasteiger partial charge on any atom is 0.240 e. The van der Waals surface area contributed by atoms with Gasteiger partial charge in [0, 0.05) is 13.1 Å². The van der Waals surface area contributed by atoms with Gasteiger partial charge in [-0.15, -0.1) is 0 Å². The van der Waals surface area contributed by atoms with E-state index in [0.29, 0.717) is 6.54 Å². The summed E-state index contributed by atoms with van der Waals surface area (Å²) in [5.41, 5.74) is 0. The number of benzene rings is 1. The summed E-state index contributed by atoms with van der Waals surface area (Å²) in [6.07, 6.45) is 0.986. The Balaban J connectivity index is 2.60. The van der Waals surface area contributed by atoms with E-state index in [1.54, 1.807) is 0 Å².